The van der Waals surface area contributed by atoms with Crippen molar-refractivity contribution >= 4 is 6.09 Å². The first-order chi connectivity index (χ1) is 9.57. The molecule has 1 unspecified atom stereocenters. The van der Waals surface area contributed by atoms with Crippen LogP contribution in [0.4, 0.5) is 9.18 Å². The Balaban J connectivity index is 2.80. The number of nitrogens with two attached hydrogens (primary N) is 1. The largest absolute Gasteiger partial charge is 0.505 e. The number of benzene rings is 1. The minimum absolute atomic E-state index is 0.197. The van der Waals surface area contributed by atoms with Crippen LogP contribution in [0.15, 0.2) is 18.2 Å². The lowest BCUT2D eigenvalue weighted by Gasteiger charge is -2.29. The highest BCUT2D eigenvalue weighted by Gasteiger charge is 2.28. The zero-order valence-electron chi connectivity index (χ0n) is 12.9. The van der Waals surface area contributed by atoms with Gasteiger partial charge in [-0.25, -0.2) is 9.18 Å². The molecule has 0 heterocycles. The number of amides is 1. The van der Waals surface area contributed by atoms with Crippen molar-refractivity contribution < 1.29 is 19.0 Å². The van der Waals surface area contributed by atoms with E-state index >= 15 is 0 Å². The number of phenolic OH excluding ortho intramolecular Hbond substituents is 1. The molecule has 21 heavy (non-hydrogen) atoms. The summed E-state index contributed by atoms with van der Waals surface area (Å²) in [5.41, 5.74) is 5.11. The smallest absolute Gasteiger partial charge is 0.407 e. The summed E-state index contributed by atoms with van der Waals surface area (Å²) in [7, 11) is 0. The van der Waals surface area contributed by atoms with Crippen molar-refractivity contribution in [1.82, 2.24) is 5.32 Å². The molecule has 0 saturated heterocycles. The van der Waals surface area contributed by atoms with E-state index in [4.69, 9.17) is 10.5 Å². The second-order valence-electron chi connectivity index (χ2n) is 6.29. The van der Waals surface area contributed by atoms with Crippen LogP contribution in [0.1, 0.15) is 33.3 Å². The Bertz CT molecular complexity index is 514. The number of alkyl carbamates (subject to hydrolysis) is 1. The van der Waals surface area contributed by atoms with Crippen molar-refractivity contribution in [3.8, 4) is 5.75 Å². The predicted molar refractivity (Wildman–Crippen MR) is 78.7 cm³/mol. The molecule has 6 heteroatoms. The molecule has 0 radical (unpaired) electrons. The number of phenols is 1. The van der Waals surface area contributed by atoms with E-state index in [2.05, 4.69) is 5.32 Å². The highest BCUT2D eigenvalue weighted by atomic mass is 19.1. The van der Waals surface area contributed by atoms with Gasteiger partial charge in [-0.05, 0) is 38.5 Å². The molecule has 4 N–H and O–H groups in total. The average molecular weight is 298 g/mol. The quantitative estimate of drug-likeness (QED) is 0.796. The molecule has 0 saturated carbocycles. The van der Waals surface area contributed by atoms with Gasteiger partial charge in [-0.3, -0.25) is 0 Å². The van der Waals surface area contributed by atoms with Crippen LogP contribution in [0.25, 0.3) is 0 Å². The van der Waals surface area contributed by atoms with Crippen LogP contribution in [-0.4, -0.2) is 29.9 Å². The number of carbonyl (C=O) groups is 1. The number of hydrogen-bond donors (Lipinski definition) is 3. The summed E-state index contributed by atoms with van der Waals surface area (Å²) in [5.74, 6) is -1.14. The molecule has 118 valence electrons. The van der Waals surface area contributed by atoms with Crippen LogP contribution in [0.2, 0.25) is 0 Å². The second-order valence-corrected chi connectivity index (χ2v) is 6.29. The van der Waals surface area contributed by atoms with Gasteiger partial charge < -0.3 is 20.9 Å². The minimum atomic E-state index is -0.718. The predicted octanol–water partition coefficient (Wildman–Crippen LogP) is 2.27. The molecule has 1 atom stereocenters. The first-order valence-corrected chi connectivity index (χ1v) is 6.73. The highest BCUT2D eigenvalue weighted by Crippen LogP contribution is 2.26. The Kier molecular flexibility index (Phi) is 5.17. The van der Waals surface area contributed by atoms with Crippen molar-refractivity contribution in [2.75, 3.05) is 13.1 Å². The maximum Gasteiger partial charge on any atom is 0.407 e. The third-order valence-corrected chi connectivity index (χ3v) is 3.12. The van der Waals surface area contributed by atoms with Gasteiger partial charge in [-0.2, -0.15) is 0 Å². The van der Waals surface area contributed by atoms with Crippen LogP contribution < -0.4 is 11.1 Å². The molecule has 0 aliphatic carbocycles. The number of rotatable bonds is 4. The number of carbonyl (C=O) groups excluding carboxylic acids is 1. The summed E-state index contributed by atoms with van der Waals surface area (Å²) >= 11 is 0. The third kappa shape index (κ3) is 4.90. The lowest BCUT2D eigenvalue weighted by Crippen LogP contribution is -2.45. The van der Waals surface area contributed by atoms with Gasteiger partial charge in [0.2, 0.25) is 0 Å². The van der Waals surface area contributed by atoms with E-state index in [1.807, 2.05) is 0 Å². The molecule has 0 spiro atoms. The Morgan fingerprint density at radius 3 is 2.48 bits per heavy atom. The fourth-order valence-electron chi connectivity index (χ4n) is 1.76. The molecule has 0 bridgehead atoms. The normalized spacial score (nSPS) is 14.4. The number of nitrogens with one attached hydrogen (secondary N) is 1. The standard InChI is InChI=1S/C15H23FN2O3/c1-14(2,3)21-13(20)18-9-15(4,8-17)10-5-6-12(19)11(16)7-10/h5-7,19H,8-9,17H2,1-4H3,(H,18,20). The lowest BCUT2D eigenvalue weighted by atomic mass is 9.82. The van der Waals surface area contributed by atoms with Gasteiger partial charge in [0.05, 0.1) is 0 Å². The van der Waals surface area contributed by atoms with Gasteiger partial charge in [0, 0.05) is 18.5 Å². The first-order valence-electron chi connectivity index (χ1n) is 6.73. The Morgan fingerprint density at radius 2 is 2.00 bits per heavy atom. The van der Waals surface area contributed by atoms with E-state index in [-0.39, 0.29) is 13.1 Å². The summed E-state index contributed by atoms with van der Waals surface area (Å²) in [6.07, 6.45) is -0.554. The van der Waals surface area contributed by atoms with E-state index < -0.39 is 28.7 Å². The van der Waals surface area contributed by atoms with Crippen LogP contribution in [-0.2, 0) is 10.2 Å². The summed E-state index contributed by atoms with van der Waals surface area (Å²) in [4.78, 5) is 11.7. The molecule has 1 aromatic rings. The van der Waals surface area contributed by atoms with Crippen LogP contribution in [0.3, 0.4) is 0 Å². The van der Waals surface area contributed by atoms with Gasteiger partial charge in [0.1, 0.15) is 5.60 Å². The fraction of sp³-hybridized carbons (Fsp3) is 0.533. The number of hydrogen-bond acceptors (Lipinski definition) is 4. The van der Waals surface area contributed by atoms with Crippen LogP contribution in [0, 0.1) is 5.82 Å². The molecule has 0 fully saturated rings. The average Bonchev–Trinajstić information content (AvgIpc) is 2.37. The Morgan fingerprint density at radius 1 is 1.38 bits per heavy atom. The van der Waals surface area contributed by atoms with Gasteiger partial charge >= 0.3 is 6.09 Å². The summed E-state index contributed by atoms with van der Waals surface area (Å²) in [6.45, 7) is 7.50. The van der Waals surface area contributed by atoms with E-state index in [0.29, 0.717) is 5.56 Å². The zero-order valence-corrected chi connectivity index (χ0v) is 12.9. The van der Waals surface area contributed by atoms with Crippen LogP contribution >= 0.6 is 0 Å². The summed E-state index contributed by atoms with van der Waals surface area (Å²) in [6, 6.07) is 4.08. The topological polar surface area (TPSA) is 84.6 Å². The summed E-state index contributed by atoms with van der Waals surface area (Å²) in [5, 5.41) is 11.9. The molecule has 5 nitrogen and oxygen atoms in total. The van der Waals surface area contributed by atoms with Gasteiger partial charge in [-0.15, -0.1) is 0 Å². The highest BCUT2D eigenvalue weighted by molar-refractivity contribution is 5.67. The third-order valence-electron chi connectivity index (χ3n) is 3.12. The lowest BCUT2D eigenvalue weighted by molar-refractivity contribution is 0.0516. The second kappa shape index (κ2) is 6.30. The van der Waals surface area contributed by atoms with Gasteiger partial charge in [-0.1, -0.05) is 13.0 Å². The van der Waals surface area contributed by atoms with Crippen molar-refractivity contribution in [2.24, 2.45) is 5.73 Å². The molecular weight excluding hydrogens is 275 g/mol. The maximum absolute atomic E-state index is 13.5. The molecule has 0 aromatic heterocycles. The van der Waals surface area contributed by atoms with E-state index in [0.717, 1.165) is 0 Å². The molecule has 1 aromatic carbocycles. The molecule has 1 amide bonds. The Hall–Kier alpha value is -1.82. The van der Waals surface area contributed by atoms with E-state index in [1.54, 1.807) is 33.8 Å². The molecule has 0 aliphatic heterocycles. The van der Waals surface area contributed by atoms with Crippen molar-refractivity contribution in [2.45, 2.75) is 38.7 Å². The van der Waals surface area contributed by atoms with E-state index in [1.165, 1.54) is 12.1 Å². The van der Waals surface area contributed by atoms with Crippen molar-refractivity contribution in [3.63, 3.8) is 0 Å². The molecular formula is C15H23FN2O3. The Labute approximate surface area is 124 Å². The fourth-order valence-corrected chi connectivity index (χ4v) is 1.76. The first kappa shape index (κ1) is 17.2. The van der Waals surface area contributed by atoms with Crippen molar-refractivity contribution in [3.05, 3.63) is 29.6 Å². The maximum atomic E-state index is 13.5. The minimum Gasteiger partial charge on any atom is -0.505 e. The van der Waals surface area contributed by atoms with Gasteiger partial charge in [0.25, 0.3) is 0 Å². The monoisotopic (exact) mass is 298 g/mol. The zero-order chi connectivity index (χ0) is 16.3. The van der Waals surface area contributed by atoms with Crippen LogP contribution in [0.5, 0.6) is 5.75 Å². The van der Waals surface area contributed by atoms with Crippen molar-refractivity contribution in [1.29, 1.82) is 0 Å². The summed E-state index contributed by atoms with van der Waals surface area (Å²) < 4.78 is 18.6. The molecule has 1 rings (SSSR count). The number of ether oxygens (including phenoxy) is 1. The SMILES string of the molecule is CC(C)(C)OC(=O)NCC(C)(CN)c1ccc(O)c(F)c1. The number of halogens is 1. The van der Waals surface area contributed by atoms with E-state index in [9.17, 15) is 14.3 Å². The van der Waals surface area contributed by atoms with Gasteiger partial charge in [0.15, 0.2) is 11.6 Å². The number of aromatic hydroxyl groups is 1. The molecule has 0 aliphatic rings.